The first-order valence-electron chi connectivity index (χ1n) is 10.3. The summed E-state index contributed by atoms with van der Waals surface area (Å²) in [6.07, 6.45) is 4.37. The van der Waals surface area contributed by atoms with E-state index in [1.165, 1.54) is 28.6 Å². The molecule has 3 rings (SSSR count). The zero-order valence-electron chi connectivity index (χ0n) is 17.7. The highest BCUT2D eigenvalue weighted by Gasteiger charge is 2.28. The molecule has 2 aromatic rings. The summed E-state index contributed by atoms with van der Waals surface area (Å²) in [6.45, 7) is 12.6. The minimum absolute atomic E-state index is 0.0543. The van der Waals surface area contributed by atoms with Crippen LogP contribution < -0.4 is 5.56 Å². The van der Waals surface area contributed by atoms with Crippen molar-refractivity contribution in [2.45, 2.75) is 96.3 Å². The first-order valence-corrected chi connectivity index (χ1v) is 12.0. The Labute approximate surface area is 175 Å². The van der Waals surface area contributed by atoms with Crippen LogP contribution in [0, 0.1) is 0 Å². The summed E-state index contributed by atoms with van der Waals surface area (Å²) < 4.78 is 1.74. The number of hydrogen-bond donors (Lipinski definition) is 0. The van der Waals surface area contributed by atoms with E-state index >= 15 is 0 Å². The topological polar surface area (TPSA) is 55.2 Å². The summed E-state index contributed by atoms with van der Waals surface area (Å²) in [7, 11) is 0. The number of fused-ring (bicyclic) bond motifs is 3. The van der Waals surface area contributed by atoms with Crippen molar-refractivity contribution in [2.24, 2.45) is 0 Å². The van der Waals surface area contributed by atoms with Crippen molar-refractivity contribution in [3.63, 3.8) is 0 Å². The molecule has 0 aromatic carbocycles. The van der Waals surface area contributed by atoms with Gasteiger partial charge in [0.1, 0.15) is 4.83 Å². The van der Waals surface area contributed by atoms with Gasteiger partial charge in [-0.3, -0.25) is 14.2 Å². The monoisotopic (exact) mass is 421 g/mol. The van der Waals surface area contributed by atoms with E-state index in [4.69, 9.17) is 4.98 Å². The number of aromatic nitrogens is 2. The molecular formula is C21H31N3O2S2. The van der Waals surface area contributed by atoms with Gasteiger partial charge in [0, 0.05) is 23.5 Å². The summed E-state index contributed by atoms with van der Waals surface area (Å²) in [6, 6.07) is 0.284. The SMILES string of the molecule is CCn1c(S[C@H](C)C(=O)N(C(C)C)C(C)C)nc2sc3c(c2c1=O)CCCC3. The Balaban J connectivity index is 1.99. The Hall–Kier alpha value is -1.34. The Kier molecular flexibility index (Phi) is 6.54. The Morgan fingerprint density at radius 2 is 1.82 bits per heavy atom. The van der Waals surface area contributed by atoms with Crippen LogP contribution in [-0.4, -0.2) is 37.7 Å². The van der Waals surface area contributed by atoms with Crippen molar-refractivity contribution in [1.82, 2.24) is 14.5 Å². The number of amides is 1. The number of aryl methyl sites for hydroxylation is 2. The van der Waals surface area contributed by atoms with Crippen LogP contribution in [0.25, 0.3) is 10.2 Å². The first kappa shape index (κ1) is 21.4. The van der Waals surface area contributed by atoms with Gasteiger partial charge in [0.2, 0.25) is 5.91 Å². The summed E-state index contributed by atoms with van der Waals surface area (Å²) in [5, 5.41) is 1.18. The molecule has 1 aliphatic carbocycles. The number of thiophene rings is 1. The lowest BCUT2D eigenvalue weighted by Crippen LogP contribution is -2.45. The van der Waals surface area contributed by atoms with Gasteiger partial charge in [-0.15, -0.1) is 11.3 Å². The van der Waals surface area contributed by atoms with Crippen LogP contribution in [0.3, 0.4) is 0 Å². The van der Waals surface area contributed by atoms with E-state index in [1.807, 2.05) is 46.4 Å². The van der Waals surface area contributed by atoms with Crippen LogP contribution in [-0.2, 0) is 24.2 Å². The van der Waals surface area contributed by atoms with Gasteiger partial charge in [0.15, 0.2) is 5.16 Å². The fourth-order valence-electron chi connectivity index (χ4n) is 4.11. The predicted octanol–water partition coefficient (Wildman–Crippen LogP) is 4.48. The molecule has 2 heterocycles. The second-order valence-electron chi connectivity index (χ2n) is 8.03. The summed E-state index contributed by atoms with van der Waals surface area (Å²) in [5.74, 6) is 0.0949. The zero-order valence-corrected chi connectivity index (χ0v) is 19.4. The fourth-order valence-corrected chi connectivity index (χ4v) is 6.44. The van der Waals surface area contributed by atoms with Crippen molar-refractivity contribution in [1.29, 1.82) is 0 Å². The molecule has 1 amide bonds. The third kappa shape index (κ3) is 3.88. The van der Waals surface area contributed by atoms with Gasteiger partial charge in [0.25, 0.3) is 5.56 Å². The highest BCUT2D eigenvalue weighted by molar-refractivity contribution is 8.00. The predicted molar refractivity (Wildman–Crippen MR) is 119 cm³/mol. The van der Waals surface area contributed by atoms with Crippen molar-refractivity contribution in [3.05, 3.63) is 20.8 Å². The van der Waals surface area contributed by atoms with Gasteiger partial charge >= 0.3 is 0 Å². The maximum absolute atomic E-state index is 13.2. The molecule has 154 valence electrons. The molecule has 0 bridgehead atoms. The third-order valence-electron chi connectivity index (χ3n) is 5.35. The van der Waals surface area contributed by atoms with E-state index in [1.54, 1.807) is 15.9 Å². The minimum atomic E-state index is -0.290. The molecule has 28 heavy (non-hydrogen) atoms. The smallest absolute Gasteiger partial charge is 0.263 e. The quantitative estimate of drug-likeness (QED) is 0.510. The van der Waals surface area contributed by atoms with E-state index < -0.39 is 0 Å². The van der Waals surface area contributed by atoms with Crippen molar-refractivity contribution < 1.29 is 4.79 Å². The highest BCUT2D eigenvalue weighted by atomic mass is 32.2. The molecule has 2 aromatic heterocycles. The number of hydrogen-bond acceptors (Lipinski definition) is 5. The molecule has 0 aliphatic heterocycles. The number of carbonyl (C=O) groups excluding carboxylic acids is 1. The van der Waals surface area contributed by atoms with E-state index in [9.17, 15) is 9.59 Å². The lowest BCUT2D eigenvalue weighted by molar-refractivity contribution is -0.133. The lowest BCUT2D eigenvalue weighted by Gasteiger charge is -2.32. The van der Waals surface area contributed by atoms with Crippen LogP contribution >= 0.6 is 23.1 Å². The average molecular weight is 422 g/mol. The number of carbonyl (C=O) groups is 1. The molecule has 0 N–H and O–H groups in total. The van der Waals surface area contributed by atoms with Crippen molar-refractivity contribution in [3.8, 4) is 0 Å². The number of rotatable bonds is 6. The Morgan fingerprint density at radius 1 is 1.18 bits per heavy atom. The van der Waals surface area contributed by atoms with Crippen LogP contribution in [0.1, 0.15) is 64.8 Å². The second-order valence-corrected chi connectivity index (χ2v) is 10.4. The van der Waals surface area contributed by atoms with E-state index in [2.05, 4.69) is 0 Å². The molecule has 0 saturated carbocycles. The van der Waals surface area contributed by atoms with Crippen molar-refractivity contribution in [2.75, 3.05) is 0 Å². The minimum Gasteiger partial charge on any atom is -0.337 e. The molecular weight excluding hydrogens is 390 g/mol. The summed E-state index contributed by atoms with van der Waals surface area (Å²) >= 11 is 3.07. The average Bonchev–Trinajstić information content (AvgIpc) is 2.99. The number of nitrogens with zero attached hydrogens (tertiary/aromatic N) is 3. The molecule has 0 fully saturated rings. The Bertz CT molecular complexity index is 922. The second kappa shape index (κ2) is 8.57. The number of thioether (sulfide) groups is 1. The third-order valence-corrected chi connectivity index (χ3v) is 7.62. The van der Waals surface area contributed by atoms with Gasteiger partial charge in [-0.25, -0.2) is 4.98 Å². The van der Waals surface area contributed by atoms with Gasteiger partial charge in [-0.2, -0.15) is 0 Å². The van der Waals surface area contributed by atoms with Gasteiger partial charge < -0.3 is 4.90 Å². The molecule has 0 spiro atoms. The summed E-state index contributed by atoms with van der Waals surface area (Å²) in [4.78, 5) is 35.2. The molecule has 7 heteroatoms. The van der Waals surface area contributed by atoms with E-state index in [0.29, 0.717) is 11.7 Å². The van der Waals surface area contributed by atoms with E-state index in [-0.39, 0.29) is 28.8 Å². The zero-order chi connectivity index (χ0) is 20.6. The standard InChI is InChI=1S/C21H31N3O2S2/c1-7-23-20(26)17-15-10-8-9-11-16(15)28-18(17)22-21(23)27-14(6)19(25)24(12(2)3)13(4)5/h12-14H,7-11H2,1-6H3/t14-/m1/s1. The largest absolute Gasteiger partial charge is 0.337 e. The molecule has 1 atom stereocenters. The van der Waals surface area contributed by atoms with Gasteiger partial charge in [-0.1, -0.05) is 11.8 Å². The molecule has 0 radical (unpaired) electrons. The van der Waals surface area contributed by atoms with Crippen LogP contribution in [0.5, 0.6) is 0 Å². The van der Waals surface area contributed by atoms with E-state index in [0.717, 1.165) is 29.5 Å². The maximum Gasteiger partial charge on any atom is 0.263 e. The highest BCUT2D eigenvalue weighted by Crippen LogP contribution is 2.35. The Morgan fingerprint density at radius 3 is 2.43 bits per heavy atom. The molecule has 0 unspecified atom stereocenters. The van der Waals surface area contributed by atoms with Crippen molar-refractivity contribution >= 4 is 39.2 Å². The lowest BCUT2D eigenvalue weighted by atomic mass is 9.97. The van der Waals surface area contributed by atoms with Gasteiger partial charge in [-0.05, 0) is 72.8 Å². The normalized spacial score (nSPS) is 15.3. The van der Waals surface area contributed by atoms with Crippen LogP contribution in [0.2, 0.25) is 0 Å². The van der Waals surface area contributed by atoms with Gasteiger partial charge in [0.05, 0.1) is 10.6 Å². The van der Waals surface area contributed by atoms with Crippen LogP contribution in [0.15, 0.2) is 9.95 Å². The molecule has 0 saturated heterocycles. The fraction of sp³-hybridized carbons (Fsp3) is 0.667. The first-order chi connectivity index (χ1) is 13.3. The summed E-state index contributed by atoms with van der Waals surface area (Å²) in [5.41, 5.74) is 1.27. The van der Waals surface area contributed by atoms with Crippen LogP contribution in [0.4, 0.5) is 0 Å². The molecule has 5 nitrogen and oxygen atoms in total. The molecule has 1 aliphatic rings. The maximum atomic E-state index is 13.2.